The van der Waals surface area contributed by atoms with Gasteiger partial charge in [0.2, 0.25) is 11.8 Å². The Bertz CT molecular complexity index is 481. The summed E-state index contributed by atoms with van der Waals surface area (Å²) in [5, 5.41) is 5.29. The van der Waals surface area contributed by atoms with Gasteiger partial charge in [0.05, 0.1) is 0 Å². The van der Waals surface area contributed by atoms with Gasteiger partial charge >= 0.3 is 0 Å². The summed E-state index contributed by atoms with van der Waals surface area (Å²) in [7, 11) is 0. The van der Waals surface area contributed by atoms with E-state index < -0.39 is 0 Å². The van der Waals surface area contributed by atoms with Crippen molar-refractivity contribution in [2.24, 2.45) is 0 Å². The zero-order valence-corrected chi connectivity index (χ0v) is 10.8. The quantitative estimate of drug-likeness (QED) is 0.847. The number of rotatable bonds is 4. The topological polar surface area (TPSA) is 71.1 Å². The van der Waals surface area contributed by atoms with E-state index >= 15 is 0 Å². The molecule has 0 aliphatic heterocycles. The molecule has 5 nitrogen and oxygen atoms in total. The maximum atomic E-state index is 10.9. The number of carbonyl (C=O) groups excluding carboxylic acids is 2. The van der Waals surface area contributed by atoms with Gasteiger partial charge in [0, 0.05) is 26.1 Å². The molecule has 0 saturated heterocycles. The average molecular weight is 247 g/mol. The lowest BCUT2D eigenvalue weighted by Crippen LogP contribution is -2.19. The van der Waals surface area contributed by atoms with E-state index in [0.29, 0.717) is 12.4 Å². The van der Waals surface area contributed by atoms with E-state index in [1.807, 2.05) is 25.1 Å². The summed E-state index contributed by atoms with van der Waals surface area (Å²) < 4.78 is 0. The number of pyridine rings is 1. The third kappa shape index (κ3) is 4.78. The lowest BCUT2D eigenvalue weighted by atomic mass is 10.2. The normalized spacial score (nSPS) is 10.4. The second-order valence-electron chi connectivity index (χ2n) is 3.89. The monoisotopic (exact) mass is 247 g/mol. The van der Waals surface area contributed by atoms with Crippen molar-refractivity contribution < 1.29 is 9.59 Å². The summed E-state index contributed by atoms with van der Waals surface area (Å²) >= 11 is 0. The van der Waals surface area contributed by atoms with Crippen LogP contribution in [-0.2, 0) is 9.59 Å². The third-order valence-corrected chi connectivity index (χ3v) is 2.20. The SMILES string of the molecule is CC(=O)NCC=Cc1ccc(NC(C)=O)nc1C. The minimum Gasteiger partial charge on any atom is -0.353 e. The highest BCUT2D eigenvalue weighted by Crippen LogP contribution is 2.11. The zero-order valence-electron chi connectivity index (χ0n) is 10.8. The Morgan fingerprint density at radius 2 is 2.00 bits per heavy atom. The predicted molar refractivity (Wildman–Crippen MR) is 71.0 cm³/mol. The average Bonchev–Trinajstić information content (AvgIpc) is 2.25. The molecule has 5 heteroatoms. The van der Waals surface area contributed by atoms with Crippen molar-refractivity contribution in [1.29, 1.82) is 0 Å². The predicted octanol–water partition coefficient (Wildman–Crippen LogP) is 1.50. The van der Waals surface area contributed by atoms with E-state index in [9.17, 15) is 9.59 Å². The number of anilines is 1. The molecule has 0 aromatic carbocycles. The number of amides is 2. The molecule has 2 amide bonds. The third-order valence-electron chi connectivity index (χ3n) is 2.20. The number of nitrogens with one attached hydrogen (secondary N) is 2. The molecule has 0 bridgehead atoms. The van der Waals surface area contributed by atoms with Crippen LogP contribution in [0.4, 0.5) is 5.82 Å². The molecule has 0 radical (unpaired) electrons. The van der Waals surface area contributed by atoms with Gasteiger partial charge in [-0.3, -0.25) is 9.59 Å². The number of hydrogen-bond donors (Lipinski definition) is 2. The maximum absolute atomic E-state index is 10.9. The first kappa shape index (κ1) is 13.9. The van der Waals surface area contributed by atoms with E-state index in [4.69, 9.17) is 0 Å². The Morgan fingerprint density at radius 1 is 1.28 bits per heavy atom. The van der Waals surface area contributed by atoms with Crippen molar-refractivity contribution >= 4 is 23.7 Å². The minimum atomic E-state index is -0.143. The van der Waals surface area contributed by atoms with Crippen LogP contribution >= 0.6 is 0 Å². The lowest BCUT2D eigenvalue weighted by molar-refractivity contribution is -0.118. The fraction of sp³-hybridized carbons (Fsp3) is 0.308. The summed E-state index contributed by atoms with van der Waals surface area (Å²) in [5.74, 6) is 0.338. The Hall–Kier alpha value is -2.17. The Morgan fingerprint density at radius 3 is 2.56 bits per heavy atom. The highest BCUT2D eigenvalue weighted by atomic mass is 16.2. The van der Waals surface area contributed by atoms with Crippen molar-refractivity contribution in [2.75, 3.05) is 11.9 Å². The lowest BCUT2D eigenvalue weighted by Gasteiger charge is -2.04. The fourth-order valence-electron chi connectivity index (χ4n) is 1.39. The Balaban J connectivity index is 2.67. The first-order valence-corrected chi connectivity index (χ1v) is 5.65. The van der Waals surface area contributed by atoms with Crippen LogP contribution in [0.2, 0.25) is 0 Å². The summed E-state index contributed by atoms with van der Waals surface area (Å²) in [6.45, 7) is 5.27. The molecule has 96 valence electrons. The van der Waals surface area contributed by atoms with Crippen molar-refractivity contribution in [2.45, 2.75) is 20.8 Å². The van der Waals surface area contributed by atoms with Crippen LogP contribution in [0.5, 0.6) is 0 Å². The van der Waals surface area contributed by atoms with Gasteiger partial charge in [0.25, 0.3) is 0 Å². The molecule has 18 heavy (non-hydrogen) atoms. The molecule has 0 unspecified atom stereocenters. The summed E-state index contributed by atoms with van der Waals surface area (Å²) in [6.07, 6.45) is 3.74. The molecule has 1 aromatic rings. The molecular formula is C13H17N3O2. The molecule has 1 aromatic heterocycles. The van der Waals surface area contributed by atoms with Crippen molar-refractivity contribution in [1.82, 2.24) is 10.3 Å². The maximum Gasteiger partial charge on any atom is 0.222 e. The molecule has 1 heterocycles. The molecule has 0 atom stereocenters. The number of hydrogen-bond acceptors (Lipinski definition) is 3. The van der Waals surface area contributed by atoms with Gasteiger partial charge in [-0.15, -0.1) is 0 Å². The second kappa shape index (κ2) is 6.54. The first-order chi connectivity index (χ1) is 8.49. The van der Waals surface area contributed by atoms with Crippen LogP contribution in [0, 0.1) is 6.92 Å². The molecule has 0 aliphatic rings. The zero-order chi connectivity index (χ0) is 13.5. The molecule has 0 fully saturated rings. The van der Waals surface area contributed by atoms with Crippen LogP contribution < -0.4 is 10.6 Å². The Labute approximate surface area is 106 Å². The van der Waals surface area contributed by atoms with Crippen LogP contribution in [-0.4, -0.2) is 23.3 Å². The molecular weight excluding hydrogens is 230 g/mol. The second-order valence-corrected chi connectivity index (χ2v) is 3.89. The van der Waals surface area contributed by atoms with Gasteiger partial charge in [0.1, 0.15) is 5.82 Å². The van der Waals surface area contributed by atoms with Crippen LogP contribution in [0.1, 0.15) is 25.1 Å². The van der Waals surface area contributed by atoms with Gasteiger partial charge < -0.3 is 10.6 Å². The smallest absolute Gasteiger partial charge is 0.222 e. The molecule has 0 aliphatic carbocycles. The van der Waals surface area contributed by atoms with E-state index in [-0.39, 0.29) is 11.8 Å². The van der Waals surface area contributed by atoms with Crippen molar-refractivity contribution in [3.05, 3.63) is 29.5 Å². The van der Waals surface area contributed by atoms with Gasteiger partial charge in [-0.2, -0.15) is 0 Å². The van der Waals surface area contributed by atoms with Gasteiger partial charge in [-0.25, -0.2) is 4.98 Å². The Kier molecular flexibility index (Phi) is 5.05. The number of nitrogens with zero attached hydrogens (tertiary/aromatic N) is 1. The largest absolute Gasteiger partial charge is 0.353 e. The number of carbonyl (C=O) groups is 2. The van der Waals surface area contributed by atoms with Gasteiger partial charge in [0.15, 0.2) is 0 Å². The van der Waals surface area contributed by atoms with E-state index in [1.165, 1.54) is 13.8 Å². The fourth-order valence-corrected chi connectivity index (χ4v) is 1.39. The summed E-state index contributed by atoms with van der Waals surface area (Å²) in [4.78, 5) is 25.8. The minimum absolute atomic E-state index is 0.0597. The molecule has 0 saturated carbocycles. The highest BCUT2D eigenvalue weighted by molar-refractivity contribution is 5.87. The molecule has 1 rings (SSSR count). The number of aromatic nitrogens is 1. The van der Waals surface area contributed by atoms with Gasteiger partial charge in [-0.05, 0) is 24.6 Å². The van der Waals surface area contributed by atoms with E-state index in [0.717, 1.165) is 11.3 Å². The highest BCUT2D eigenvalue weighted by Gasteiger charge is 2.00. The van der Waals surface area contributed by atoms with Crippen molar-refractivity contribution in [3.63, 3.8) is 0 Å². The van der Waals surface area contributed by atoms with Crippen LogP contribution in [0.25, 0.3) is 6.08 Å². The summed E-state index contributed by atoms with van der Waals surface area (Å²) in [6, 6.07) is 3.62. The van der Waals surface area contributed by atoms with Gasteiger partial charge in [-0.1, -0.05) is 12.2 Å². The van der Waals surface area contributed by atoms with Crippen molar-refractivity contribution in [3.8, 4) is 0 Å². The summed E-state index contributed by atoms with van der Waals surface area (Å²) in [5.41, 5.74) is 1.77. The standard InChI is InChI=1S/C13H17N3O2/c1-9-12(5-4-8-14-10(2)17)6-7-13(15-9)16-11(3)18/h4-7H,8H2,1-3H3,(H,14,17)(H,15,16,18). The molecule has 0 spiro atoms. The van der Waals surface area contributed by atoms with Crippen LogP contribution in [0.15, 0.2) is 18.2 Å². The molecule has 2 N–H and O–H groups in total. The number of aryl methyl sites for hydroxylation is 1. The first-order valence-electron chi connectivity index (χ1n) is 5.65. The van der Waals surface area contributed by atoms with E-state index in [2.05, 4.69) is 15.6 Å². The van der Waals surface area contributed by atoms with Crippen LogP contribution in [0.3, 0.4) is 0 Å². The van der Waals surface area contributed by atoms with E-state index in [1.54, 1.807) is 6.07 Å².